The lowest BCUT2D eigenvalue weighted by Gasteiger charge is -2.18. The molecular formula is C13H16N2O2. The number of carbonyl (C=O) groups is 2. The van der Waals surface area contributed by atoms with Gasteiger partial charge in [-0.05, 0) is 44.0 Å². The summed E-state index contributed by atoms with van der Waals surface area (Å²) in [5.74, 6) is -0.828. The molecule has 0 unspecified atom stereocenters. The molecule has 0 aliphatic carbocycles. The third-order valence-electron chi connectivity index (χ3n) is 2.98. The minimum absolute atomic E-state index is 0.399. The van der Waals surface area contributed by atoms with Crippen LogP contribution < -0.4 is 10.6 Å². The number of carbonyl (C=O) groups excluding carboxylic acids is 2. The van der Waals surface area contributed by atoms with Crippen molar-refractivity contribution in [2.45, 2.75) is 20.3 Å². The molecule has 1 amide bonds. The molecule has 0 spiro atoms. The summed E-state index contributed by atoms with van der Waals surface area (Å²) in [6.45, 7) is 4.87. The Labute approximate surface area is 100 Å². The van der Waals surface area contributed by atoms with Gasteiger partial charge in [0.2, 0.25) is 0 Å². The first kappa shape index (κ1) is 11.8. The highest BCUT2D eigenvalue weighted by molar-refractivity contribution is 6.52. The second-order valence-electron chi connectivity index (χ2n) is 4.41. The second-order valence-corrected chi connectivity index (χ2v) is 4.41. The van der Waals surface area contributed by atoms with Crippen LogP contribution in [0.25, 0.3) is 0 Å². The highest BCUT2D eigenvalue weighted by Gasteiger charge is 2.36. The third-order valence-corrected chi connectivity index (χ3v) is 2.98. The zero-order valence-corrected chi connectivity index (χ0v) is 10.1. The van der Waals surface area contributed by atoms with Crippen LogP contribution in [-0.2, 0) is 4.79 Å². The molecule has 4 nitrogen and oxygen atoms in total. The molecule has 1 aliphatic heterocycles. The van der Waals surface area contributed by atoms with E-state index in [1.165, 1.54) is 0 Å². The molecule has 4 heteroatoms. The van der Waals surface area contributed by atoms with Crippen molar-refractivity contribution in [2.75, 3.05) is 18.0 Å². The zero-order chi connectivity index (χ0) is 12.6. The van der Waals surface area contributed by atoms with Gasteiger partial charge in [0.25, 0.3) is 11.7 Å². The van der Waals surface area contributed by atoms with Gasteiger partial charge in [-0.2, -0.15) is 0 Å². The molecule has 1 aromatic carbocycles. The topological polar surface area (TPSA) is 63.4 Å². The van der Waals surface area contributed by atoms with Gasteiger partial charge in [-0.3, -0.25) is 9.59 Å². The van der Waals surface area contributed by atoms with Gasteiger partial charge >= 0.3 is 0 Å². The Morgan fingerprint density at radius 2 is 1.94 bits per heavy atom. The summed E-state index contributed by atoms with van der Waals surface area (Å²) in [7, 11) is 0. The molecule has 90 valence electrons. The van der Waals surface area contributed by atoms with E-state index in [9.17, 15) is 9.59 Å². The number of benzene rings is 1. The minimum Gasteiger partial charge on any atom is -0.330 e. The van der Waals surface area contributed by atoms with Crippen LogP contribution >= 0.6 is 0 Å². The van der Waals surface area contributed by atoms with Gasteiger partial charge < -0.3 is 10.6 Å². The Kier molecular flexibility index (Phi) is 2.98. The summed E-state index contributed by atoms with van der Waals surface area (Å²) in [5.41, 5.74) is 8.71. The summed E-state index contributed by atoms with van der Waals surface area (Å²) in [6, 6.07) is 3.77. The number of hydrogen-bond acceptors (Lipinski definition) is 3. The van der Waals surface area contributed by atoms with Gasteiger partial charge in [-0.15, -0.1) is 0 Å². The van der Waals surface area contributed by atoms with Crippen molar-refractivity contribution in [1.82, 2.24) is 0 Å². The maximum absolute atomic E-state index is 11.9. The fourth-order valence-electron chi connectivity index (χ4n) is 2.29. The monoisotopic (exact) mass is 232 g/mol. The van der Waals surface area contributed by atoms with E-state index < -0.39 is 11.7 Å². The molecule has 1 heterocycles. The number of rotatable bonds is 3. The van der Waals surface area contributed by atoms with E-state index in [0.29, 0.717) is 25.1 Å². The summed E-state index contributed by atoms with van der Waals surface area (Å²) in [6.07, 6.45) is 0.700. The smallest absolute Gasteiger partial charge is 0.299 e. The molecule has 1 aromatic rings. The third kappa shape index (κ3) is 1.85. The molecule has 2 N–H and O–H groups in total. The van der Waals surface area contributed by atoms with Crippen LogP contribution in [0.1, 0.15) is 27.9 Å². The zero-order valence-electron chi connectivity index (χ0n) is 10.1. The number of nitrogens with two attached hydrogens (primary N) is 1. The van der Waals surface area contributed by atoms with Crippen molar-refractivity contribution in [1.29, 1.82) is 0 Å². The number of anilines is 1. The number of fused-ring (bicyclic) bond motifs is 1. The average molecular weight is 232 g/mol. The summed E-state index contributed by atoms with van der Waals surface area (Å²) < 4.78 is 0. The lowest BCUT2D eigenvalue weighted by Crippen LogP contribution is -2.32. The molecule has 0 aromatic heterocycles. The number of amides is 1. The van der Waals surface area contributed by atoms with Crippen molar-refractivity contribution in [2.24, 2.45) is 5.73 Å². The van der Waals surface area contributed by atoms with Crippen LogP contribution in [0.3, 0.4) is 0 Å². The molecule has 2 rings (SSSR count). The molecule has 0 saturated carbocycles. The first-order valence-electron chi connectivity index (χ1n) is 5.73. The Hall–Kier alpha value is -1.68. The maximum Gasteiger partial charge on any atom is 0.299 e. The van der Waals surface area contributed by atoms with E-state index in [0.717, 1.165) is 16.8 Å². The van der Waals surface area contributed by atoms with Crippen LogP contribution in [0.15, 0.2) is 12.1 Å². The predicted octanol–water partition coefficient (Wildman–Crippen LogP) is 1.18. The normalized spacial score (nSPS) is 14.4. The maximum atomic E-state index is 11.9. The number of Topliss-reactive ketones (excluding diaryl/α,β-unsaturated/α-hetero) is 1. The predicted molar refractivity (Wildman–Crippen MR) is 66.3 cm³/mol. The summed E-state index contributed by atoms with van der Waals surface area (Å²) in [4.78, 5) is 25.3. The van der Waals surface area contributed by atoms with Crippen molar-refractivity contribution >= 4 is 17.4 Å². The first-order valence-corrected chi connectivity index (χ1v) is 5.73. The van der Waals surface area contributed by atoms with Gasteiger partial charge in [0, 0.05) is 6.54 Å². The van der Waals surface area contributed by atoms with E-state index >= 15 is 0 Å². The lowest BCUT2D eigenvalue weighted by molar-refractivity contribution is -0.114. The molecule has 0 bridgehead atoms. The number of aryl methyl sites for hydroxylation is 2. The number of hydrogen-bond donors (Lipinski definition) is 1. The second kappa shape index (κ2) is 4.30. The summed E-state index contributed by atoms with van der Waals surface area (Å²) >= 11 is 0. The van der Waals surface area contributed by atoms with Crippen molar-refractivity contribution in [3.05, 3.63) is 28.8 Å². The van der Waals surface area contributed by atoms with Crippen molar-refractivity contribution in [3.8, 4) is 0 Å². The SMILES string of the molecule is Cc1cc(C)c2c(c1)C(=O)C(=O)N2CCCN. The van der Waals surface area contributed by atoms with Gasteiger partial charge in [-0.1, -0.05) is 6.07 Å². The molecule has 0 atom stereocenters. The standard InChI is InChI=1S/C13H16N2O2/c1-8-6-9(2)11-10(7-8)12(16)13(17)15(11)5-3-4-14/h6-7H,3-5,14H2,1-2H3. The Morgan fingerprint density at radius 1 is 1.24 bits per heavy atom. The van der Waals surface area contributed by atoms with E-state index in [2.05, 4.69) is 0 Å². The van der Waals surface area contributed by atoms with E-state index in [1.54, 1.807) is 11.0 Å². The highest BCUT2D eigenvalue weighted by Crippen LogP contribution is 2.33. The molecular weight excluding hydrogens is 216 g/mol. The van der Waals surface area contributed by atoms with Crippen LogP contribution in [-0.4, -0.2) is 24.8 Å². The van der Waals surface area contributed by atoms with E-state index in [4.69, 9.17) is 5.73 Å². The van der Waals surface area contributed by atoms with Crippen LogP contribution in [0.2, 0.25) is 0 Å². The fourth-order valence-corrected chi connectivity index (χ4v) is 2.29. The lowest BCUT2D eigenvalue weighted by atomic mass is 10.0. The van der Waals surface area contributed by atoms with E-state index in [1.807, 2.05) is 19.9 Å². The number of nitrogens with zero attached hydrogens (tertiary/aromatic N) is 1. The molecule has 0 saturated heterocycles. The van der Waals surface area contributed by atoms with Crippen molar-refractivity contribution < 1.29 is 9.59 Å². The Balaban J connectivity index is 2.48. The van der Waals surface area contributed by atoms with Gasteiger partial charge in [-0.25, -0.2) is 0 Å². The minimum atomic E-state index is -0.429. The Morgan fingerprint density at radius 3 is 2.59 bits per heavy atom. The highest BCUT2D eigenvalue weighted by atomic mass is 16.2. The average Bonchev–Trinajstić information content (AvgIpc) is 2.51. The van der Waals surface area contributed by atoms with Crippen molar-refractivity contribution in [3.63, 3.8) is 0 Å². The fraction of sp³-hybridized carbons (Fsp3) is 0.385. The quantitative estimate of drug-likeness (QED) is 0.796. The van der Waals surface area contributed by atoms with Gasteiger partial charge in [0.15, 0.2) is 0 Å². The number of ketones is 1. The first-order chi connectivity index (χ1) is 8.06. The molecule has 1 aliphatic rings. The molecule has 0 fully saturated rings. The molecule has 0 radical (unpaired) electrons. The van der Waals surface area contributed by atoms with E-state index in [-0.39, 0.29) is 0 Å². The van der Waals surface area contributed by atoms with Gasteiger partial charge in [0.05, 0.1) is 11.3 Å². The largest absolute Gasteiger partial charge is 0.330 e. The summed E-state index contributed by atoms with van der Waals surface area (Å²) in [5, 5.41) is 0. The van der Waals surface area contributed by atoms with Crippen LogP contribution in [0.5, 0.6) is 0 Å². The van der Waals surface area contributed by atoms with Gasteiger partial charge in [0.1, 0.15) is 0 Å². The molecule has 17 heavy (non-hydrogen) atoms. The van der Waals surface area contributed by atoms with Crippen LogP contribution in [0, 0.1) is 13.8 Å². The Bertz CT molecular complexity index is 494. The van der Waals surface area contributed by atoms with Crippen LogP contribution in [0.4, 0.5) is 5.69 Å².